The van der Waals surface area contributed by atoms with Gasteiger partial charge in [0.15, 0.2) is 0 Å². The molecule has 0 bridgehead atoms. The minimum Gasteiger partial charge on any atom is -0.465 e. The molecule has 4 heteroatoms. The fraction of sp³-hybridized carbons (Fsp3) is 0.385. The number of rotatable bonds is 5. The van der Waals surface area contributed by atoms with Crippen LogP contribution in [-0.4, -0.2) is 18.5 Å². The third-order valence-electron chi connectivity index (χ3n) is 2.00. The molecule has 0 heterocycles. The van der Waals surface area contributed by atoms with Crippen molar-refractivity contribution in [1.29, 1.82) is 0 Å². The molecule has 0 fully saturated rings. The fourth-order valence-corrected chi connectivity index (χ4v) is 1.27. The molecule has 0 aromatic heterocycles. The Labute approximate surface area is 101 Å². The highest BCUT2D eigenvalue weighted by Gasteiger charge is 2.05. The Kier molecular flexibility index (Phi) is 5.20. The van der Waals surface area contributed by atoms with Gasteiger partial charge in [-0.15, -0.1) is 0 Å². The Morgan fingerprint density at radius 3 is 2.35 bits per heavy atom. The molecule has 1 aromatic carbocycles. The summed E-state index contributed by atoms with van der Waals surface area (Å²) in [5.41, 5.74) is 0.835. The Bertz CT molecular complexity index is 381. The monoisotopic (exact) mass is 236 g/mol. The van der Waals surface area contributed by atoms with Gasteiger partial charge in [0.05, 0.1) is 13.0 Å². The molecule has 0 radical (unpaired) electrons. The van der Waals surface area contributed by atoms with Crippen molar-refractivity contribution >= 4 is 11.9 Å². The smallest absolute Gasteiger partial charge is 0.310 e. The van der Waals surface area contributed by atoms with Gasteiger partial charge < -0.3 is 9.47 Å². The molecule has 0 aliphatic carbocycles. The van der Waals surface area contributed by atoms with E-state index in [0.717, 1.165) is 12.0 Å². The minimum atomic E-state index is -0.361. The molecule has 4 nitrogen and oxygen atoms in total. The van der Waals surface area contributed by atoms with Gasteiger partial charge in [-0.3, -0.25) is 9.59 Å². The molecule has 1 rings (SSSR count). The zero-order valence-corrected chi connectivity index (χ0v) is 10.1. The van der Waals surface area contributed by atoms with Gasteiger partial charge in [0.2, 0.25) is 0 Å². The normalized spacial score (nSPS) is 9.76. The second-order valence-electron chi connectivity index (χ2n) is 3.63. The van der Waals surface area contributed by atoms with E-state index in [9.17, 15) is 9.59 Å². The third kappa shape index (κ3) is 5.15. The van der Waals surface area contributed by atoms with Crippen LogP contribution < -0.4 is 4.74 Å². The van der Waals surface area contributed by atoms with E-state index >= 15 is 0 Å². The van der Waals surface area contributed by atoms with E-state index in [-0.39, 0.29) is 18.4 Å². The van der Waals surface area contributed by atoms with Crippen LogP contribution in [0.5, 0.6) is 5.75 Å². The summed E-state index contributed by atoms with van der Waals surface area (Å²) >= 11 is 0. The summed E-state index contributed by atoms with van der Waals surface area (Å²) in [6, 6.07) is 6.80. The fourth-order valence-electron chi connectivity index (χ4n) is 1.27. The molecule has 0 N–H and O–H groups in total. The summed E-state index contributed by atoms with van der Waals surface area (Å²) in [5, 5.41) is 0. The summed E-state index contributed by atoms with van der Waals surface area (Å²) in [6.07, 6.45) is 1.05. The molecule has 0 saturated carbocycles. The zero-order valence-electron chi connectivity index (χ0n) is 10.1. The highest BCUT2D eigenvalue weighted by Crippen LogP contribution is 2.13. The first kappa shape index (κ1) is 13.2. The van der Waals surface area contributed by atoms with Crippen LogP contribution in [0, 0.1) is 0 Å². The van der Waals surface area contributed by atoms with Crippen LogP contribution in [0.25, 0.3) is 0 Å². The maximum Gasteiger partial charge on any atom is 0.310 e. The average molecular weight is 236 g/mol. The largest absolute Gasteiger partial charge is 0.465 e. The van der Waals surface area contributed by atoms with Crippen molar-refractivity contribution in [2.45, 2.75) is 26.7 Å². The lowest BCUT2D eigenvalue weighted by molar-refractivity contribution is -0.142. The Morgan fingerprint density at radius 2 is 1.82 bits per heavy atom. The van der Waals surface area contributed by atoms with Gasteiger partial charge in [0.25, 0.3) is 0 Å². The predicted molar refractivity (Wildman–Crippen MR) is 62.7 cm³/mol. The molecular weight excluding hydrogens is 220 g/mol. The summed E-state index contributed by atoms with van der Waals surface area (Å²) in [7, 11) is 0. The van der Waals surface area contributed by atoms with E-state index in [1.54, 1.807) is 24.3 Å². The Balaban J connectivity index is 2.50. The second-order valence-corrected chi connectivity index (χ2v) is 3.63. The highest BCUT2D eigenvalue weighted by atomic mass is 16.5. The quantitative estimate of drug-likeness (QED) is 0.580. The summed E-state index contributed by atoms with van der Waals surface area (Å²) < 4.78 is 9.85. The van der Waals surface area contributed by atoms with Crippen LogP contribution >= 0.6 is 0 Å². The van der Waals surface area contributed by atoms with Crippen molar-refractivity contribution in [3.05, 3.63) is 29.8 Å². The zero-order chi connectivity index (χ0) is 12.7. The van der Waals surface area contributed by atoms with Crippen LogP contribution in [-0.2, 0) is 20.7 Å². The van der Waals surface area contributed by atoms with E-state index in [1.165, 1.54) is 6.92 Å². The molecule has 0 saturated heterocycles. The van der Waals surface area contributed by atoms with E-state index in [2.05, 4.69) is 0 Å². The van der Waals surface area contributed by atoms with Gasteiger partial charge in [-0.2, -0.15) is 0 Å². The van der Waals surface area contributed by atoms with Crippen molar-refractivity contribution in [3.8, 4) is 5.75 Å². The van der Waals surface area contributed by atoms with Crippen molar-refractivity contribution in [1.82, 2.24) is 0 Å². The Morgan fingerprint density at radius 1 is 1.18 bits per heavy atom. The molecule has 92 valence electrons. The van der Waals surface area contributed by atoms with Crippen molar-refractivity contribution in [3.63, 3.8) is 0 Å². The molecule has 17 heavy (non-hydrogen) atoms. The number of benzene rings is 1. The molecule has 0 aliphatic rings. The van der Waals surface area contributed by atoms with Crippen molar-refractivity contribution in [2.75, 3.05) is 6.61 Å². The SMILES string of the molecule is CCCOC(=O)Cc1ccc(OC(C)=O)cc1. The van der Waals surface area contributed by atoms with Gasteiger partial charge in [-0.1, -0.05) is 19.1 Å². The first-order valence-corrected chi connectivity index (χ1v) is 5.54. The second kappa shape index (κ2) is 6.68. The maximum atomic E-state index is 11.3. The summed E-state index contributed by atoms with van der Waals surface area (Å²) in [6.45, 7) is 3.74. The van der Waals surface area contributed by atoms with E-state index in [4.69, 9.17) is 9.47 Å². The van der Waals surface area contributed by atoms with Gasteiger partial charge in [0.1, 0.15) is 5.75 Å². The average Bonchev–Trinajstić information content (AvgIpc) is 2.28. The standard InChI is InChI=1S/C13H16O4/c1-3-8-16-13(15)9-11-4-6-12(7-5-11)17-10(2)14/h4-7H,3,8-9H2,1-2H3. The van der Waals surface area contributed by atoms with Crippen LogP contribution in [0.1, 0.15) is 25.8 Å². The van der Waals surface area contributed by atoms with E-state index in [1.807, 2.05) is 6.92 Å². The maximum absolute atomic E-state index is 11.3. The molecule has 0 spiro atoms. The van der Waals surface area contributed by atoms with Crippen LogP contribution in [0.2, 0.25) is 0 Å². The number of carbonyl (C=O) groups is 2. The minimum absolute atomic E-state index is 0.236. The first-order valence-electron chi connectivity index (χ1n) is 5.54. The lowest BCUT2D eigenvalue weighted by Gasteiger charge is -2.04. The van der Waals surface area contributed by atoms with Crippen molar-refractivity contribution < 1.29 is 19.1 Å². The van der Waals surface area contributed by atoms with Crippen LogP contribution in [0.3, 0.4) is 0 Å². The summed E-state index contributed by atoms with van der Waals surface area (Å²) in [4.78, 5) is 22.0. The number of hydrogen-bond acceptors (Lipinski definition) is 4. The topological polar surface area (TPSA) is 52.6 Å². The third-order valence-corrected chi connectivity index (χ3v) is 2.00. The van der Waals surface area contributed by atoms with Gasteiger partial charge in [-0.25, -0.2) is 0 Å². The van der Waals surface area contributed by atoms with E-state index < -0.39 is 0 Å². The number of carbonyl (C=O) groups excluding carboxylic acids is 2. The first-order chi connectivity index (χ1) is 8.11. The molecular formula is C13H16O4. The number of esters is 2. The molecule has 1 aromatic rings. The van der Waals surface area contributed by atoms with Gasteiger partial charge in [0, 0.05) is 6.92 Å². The Hall–Kier alpha value is -1.84. The number of ether oxygens (including phenoxy) is 2. The molecule has 0 aliphatic heterocycles. The molecule has 0 unspecified atom stereocenters. The van der Waals surface area contributed by atoms with Gasteiger partial charge in [-0.05, 0) is 24.1 Å². The van der Waals surface area contributed by atoms with Gasteiger partial charge >= 0.3 is 11.9 Å². The number of hydrogen-bond donors (Lipinski definition) is 0. The van der Waals surface area contributed by atoms with Crippen LogP contribution in [0.4, 0.5) is 0 Å². The molecule has 0 atom stereocenters. The lowest BCUT2D eigenvalue weighted by Crippen LogP contribution is -2.08. The lowest BCUT2D eigenvalue weighted by atomic mass is 10.1. The molecule has 0 amide bonds. The van der Waals surface area contributed by atoms with E-state index in [0.29, 0.717) is 12.4 Å². The van der Waals surface area contributed by atoms with Crippen molar-refractivity contribution in [2.24, 2.45) is 0 Å². The highest BCUT2D eigenvalue weighted by molar-refractivity contribution is 5.73. The predicted octanol–water partition coefficient (Wildman–Crippen LogP) is 2.11. The summed E-state index contributed by atoms with van der Waals surface area (Å²) in [5.74, 6) is -0.129. The van der Waals surface area contributed by atoms with Crippen LogP contribution in [0.15, 0.2) is 24.3 Å².